The SMILES string of the molecule is CC(=O)N(c1ccccc1)c1nc(/C=C/C(=O)NC2CC2)cs1. The summed E-state index contributed by atoms with van der Waals surface area (Å²) in [5, 5.41) is 5.30. The van der Waals surface area contributed by atoms with Gasteiger partial charge in [0.25, 0.3) is 0 Å². The fraction of sp³-hybridized carbons (Fsp3) is 0.235. The molecule has 0 spiro atoms. The van der Waals surface area contributed by atoms with Gasteiger partial charge in [-0.15, -0.1) is 11.3 Å². The maximum Gasteiger partial charge on any atom is 0.244 e. The third kappa shape index (κ3) is 4.04. The van der Waals surface area contributed by atoms with Crippen LogP contribution in [0, 0.1) is 0 Å². The lowest BCUT2D eigenvalue weighted by Gasteiger charge is -2.17. The fourth-order valence-electron chi connectivity index (χ4n) is 2.10. The zero-order valence-electron chi connectivity index (χ0n) is 12.7. The molecule has 1 aliphatic carbocycles. The molecule has 2 aromatic rings. The third-order valence-electron chi connectivity index (χ3n) is 3.36. The molecule has 118 valence electrons. The number of benzene rings is 1. The molecular formula is C17H17N3O2S. The molecule has 1 saturated carbocycles. The molecule has 1 fully saturated rings. The van der Waals surface area contributed by atoms with Crippen LogP contribution in [-0.2, 0) is 9.59 Å². The zero-order chi connectivity index (χ0) is 16.2. The summed E-state index contributed by atoms with van der Waals surface area (Å²) in [7, 11) is 0. The summed E-state index contributed by atoms with van der Waals surface area (Å²) >= 11 is 1.37. The maximum atomic E-state index is 12.0. The van der Waals surface area contributed by atoms with Gasteiger partial charge in [-0.25, -0.2) is 4.98 Å². The average Bonchev–Trinajstić information content (AvgIpc) is 3.22. The molecular weight excluding hydrogens is 310 g/mol. The molecule has 1 aromatic carbocycles. The number of nitrogens with zero attached hydrogens (tertiary/aromatic N) is 2. The van der Waals surface area contributed by atoms with Gasteiger partial charge < -0.3 is 5.32 Å². The summed E-state index contributed by atoms with van der Waals surface area (Å²) in [5.74, 6) is -0.207. The van der Waals surface area contributed by atoms with E-state index in [1.807, 2.05) is 35.7 Å². The smallest absolute Gasteiger partial charge is 0.244 e. The Kier molecular flexibility index (Phi) is 4.52. The van der Waals surface area contributed by atoms with Gasteiger partial charge in [0.2, 0.25) is 11.8 Å². The summed E-state index contributed by atoms with van der Waals surface area (Å²) in [6.45, 7) is 1.51. The number of aromatic nitrogens is 1. The molecule has 1 aromatic heterocycles. The number of amides is 2. The van der Waals surface area contributed by atoms with Gasteiger partial charge in [0.05, 0.1) is 11.4 Å². The van der Waals surface area contributed by atoms with E-state index in [-0.39, 0.29) is 11.8 Å². The summed E-state index contributed by atoms with van der Waals surface area (Å²) in [4.78, 5) is 29.6. The van der Waals surface area contributed by atoms with Crippen molar-refractivity contribution in [3.8, 4) is 0 Å². The minimum Gasteiger partial charge on any atom is -0.350 e. The van der Waals surface area contributed by atoms with Crippen LogP contribution in [0.2, 0.25) is 0 Å². The van der Waals surface area contributed by atoms with Crippen molar-refractivity contribution in [1.29, 1.82) is 0 Å². The van der Waals surface area contributed by atoms with Crippen LogP contribution in [0.5, 0.6) is 0 Å². The van der Waals surface area contributed by atoms with E-state index in [0.717, 1.165) is 18.5 Å². The number of carbonyl (C=O) groups excluding carboxylic acids is 2. The van der Waals surface area contributed by atoms with E-state index >= 15 is 0 Å². The predicted octanol–water partition coefficient (Wildman–Crippen LogP) is 3.12. The molecule has 3 rings (SSSR count). The molecule has 0 unspecified atom stereocenters. The van der Waals surface area contributed by atoms with E-state index in [1.54, 1.807) is 11.0 Å². The van der Waals surface area contributed by atoms with Gasteiger partial charge in [-0.2, -0.15) is 0 Å². The van der Waals surface area contributed by atoms with E-state index in [2.05, 4.69) is 10.3 Å². The number of carbonyl (C=O) groups is 2. The monoisotopic (exact) mass is 327 g/mol. The molecule has 5 nitrogen and oxygen atoms in total. The molecule has 0 radical (unpaired) electrons. The lowest BCUT2D eigenvalue weighted by molar-refractivity contribution is -0.117. The van der Waals surface area contributed by atoms with E-state index in [0.29, 0.717) is 16.9 Å². The summed E-state index contributed by atoms with van der Waals surface area (Å²) in [6, 6.07) is 9.72. The molecule has 6 heteroatoms. The van der Waals surface area contributed by atoms with Crippen molar-refractivity contribution in [1.82, 2.24) is 10.3 Å². The number of anilines is 2. The topological polar surface area (TPSA) is 62.3 Å². The predicted molar refractivity (Wildman–Crippen MR) is 91.6 cm³/mol. The van der Waals surface area contributed by atoms with Crippen molar-refractivity contribution in [2.45, 2.75) is 25.8 Å². The lowest BCUT2D eigenvalue weighted by atomic mass is 10.3. The van der Waals surface area contributed by atoms with Gasteiger partial charge >= 0.3 is 0 Å². The van der Waals surface area contributed by atoms with Gasteiger partial charge in [0, 0.05) is 24.4 Å². The second-order valence-electron chi connectivity index (χ2n) is 5.36. The summed E-state index contributed by atoms with van der Waals surface area (Å²) in [5.41, 5.74) is 1.44. The molecule has 1 aliphatic rings. The van der Waals surface area contributed by atoms with Gasteiger partial charge in [-0.1, -0.05) is 18.2 Å². The third-order valence-corrected chi connectivity index (χ3v) is 4.20. The van der Waals surface area contributed by atoms with E-state index < -0.39 is 0 Å². The number of hydrogen-bond donors (Lipinski definition) is 1. The molecule has 2 amide bonds. The van der Waals surface area contributed by atoms with E-state index in [4.69, 9.17) is 0 Å². The molecule has 0 atom stereocenters. The Balaban J connectivity index is 1.75. The highest BCUT2D eigenvalue weighted by Gasteiger charge is 2.22. The lowest BCUT2D eigenvalue weighted by Crippen LogP contribution is -2.23. The Hall–Kier alpha value is -2.47. The van der Waals surface area contributed by atoms with Crippen molar-refractivity contribution < 1.29 is 9.59 Å². The number of rotatable bonds is 5. The highest BCUT2D eigenvalue weighted by molar-refractivity contribution is 7.14. The standard InChI is InChI=1S/C17H17N3O2S/c1-12(21)20(15-5-3-2-4-6-15)17-19-14(11-23-17)9-10-16(22)18-13-7-8-13/h2-6,9-11,13H,7-8H2,1H3,(H,18,22)/b10-9+. The number of para-hydroxylation sites is 1. The quantitative estimate of drug-likeness (QED) is 0.858. The minimum absolute atomic E-state index is 0.103. The first-order valence-electron chi connectivity index (χ1n) is 7.43. The van der Waals surface area contributed by atoms with Crippen molar-refractivity contribution in [2.24, 2.45) is 0 Å². The molecule has 23 heavy (non-hydrogen) atoms. The van der Waals surface area contributed by atoms with Crippen molar-refractivity contribution >= 4 is 40.0 Å². The second kappa shape index (κ2) is 6.75. The normalized spacial score (nSPS) is 14.0. The summed E-state index contributed by atoms with van der Waals surface area (Å²) in [6.07, 6.45) is 5.27. The second-order valence-corrected chi connectivity index (χ2v) is 6.20. The maximum absolute atomic E-state index is 12.0. The Labute approximate surface area is 138 Å². The fourth-order valence-corrected chi connectivity index (χ4v) is 2.95. The largest absolute Gasteiger partial charge is 0.350 e. The van der Waals surface area contributed by atoms with E-state index in [9.17, 15) is 9.59 Å². The first-order valence-corrected chi connectivity index (χ1v) is 8.31. The Bertz CT molecular complexity index is 735. The molecule has 1 heterocycles. The first kappa shape index (κ1) is 15.4. The molecule has 0 aliphatic heterocycles. The van der Waals surface area contributed by atoms with Crippen LogP contribution in [0.4, 0.5) is 10.8 Å². The Morgan fingerprint density at radius 1 is 1.30 bits per heavy atom. The van der Waals surface area contributed by atoms with Crippen LogP contribution >= 0.6 is 11.3 Å². The molecule has 1 N–H and O–H groups in total. The van der Waals surface area contributed by atoms with Crippen LogP contribution < -0.4 is 10.2 Å². The zero-order valence-corrected chi connectivity index (χ0v) is 13.5. The van der Waals surface area contributed by atoms with Crippen LogP contribution in [-0.4, -0.2) is 22.8 Å². The van der Waals surface area contributed by atoms with E-state index in [1.165, 1.54) is 24.3 Å². The molecule has 0 bridgehead atoms. The van der Waals surface area contributed by atoms with Crippen molar-refractivity contribution in [3.05, 3.63) is 47.5 Å². The van der Waals surface area contributed by atoms with Crippen molar-refractivity contribution in [2.75, 3.05) is 4.90 Å². The number of nitrogens with one attached hydrogen (secondary N) is 1. The van der Waals surface area contributed by atoms with Gasteiger partial charge in [-0.3, -0.25) is 14.5 Å². The average molecular weight is 327 g/mol. The number of hydrogen-bond acceptors (Lipinski definition) is 4. The highest BCUT2D eigenvalue weighted by Crippen LogP contribution is 2.29. The van der Waals surface area contributed by atoms with Crippen LogP contribution in [0.25, 0.3) is 6.08 Å². The van der Waals surface area contributed by atoms with Crippen LogP contribution in [0.1, 0.15) is 25.5 Å². The number of thiazole rings is 1. The van der Waals surface area contributed by atoms with Gasteiger partial charge in [0.15, 0.2) is 5.13 Å². The van der Waals surface area contributed by atoms with Crippen LogP contribution in [0.15, 0.2) is 41.8 Å². The minimum atomic E-state index is -0.104. The Morgan fingerprint density at radius 3 is 2.70 bits per heavy atom. The summed E-state index contributed by atoms with van der Waals surface area (Å²) < 4.78 is 0. The first-order chi connectivity index (χ1) is 11.1. The van der Waals surface area contributed by atoms with Gasteiger partial charge in [0.1, 0.15) is 0 Å². The molecule has 0 saturated heterocycles. The Morgan fingerprint density at radius 2 is 2.04 bits per heavy atom. The van der Waals surface area contributed by atoms with Crippen LogP contribution in [0.3, 0.4) is 0 Å². The van der Waals surface area contributed by atoms with Crippen molar-refractivity contribution in [3.63, 3.8) is 0 Å². The van der Waals surface area contributed by atoms with Gasteiger partial charge in [-0.05, 0) is 31.1 Å². The highest BCUT2D eigenvalue weighted by atomic mass is 32.1.